The molecule has 0 spiro atoms. The Balaban J connectivity index is 2.06. The van der Waals surface area contributed by atoms with Gasteiger partial charge in [-0.15, -0.1) is 11.3 Å². The minimum atomic E-state index is -4.55. The first kappa shape index (κ1) is 19.7. The molecule has 0 aliphatic heterocycles. The monoisotopic (exact) mass is 409 g/mol. The minimum Gasteiger partial charge on any atom is -0.462 e. The molecule has 0 saturated heterocycles. The number of aromatic nitrogens is 2. The predicted octanol–water partition coefficient (Wildman–Crippen LogP) is 3.84. The fourth-order valence-electron chi connectivity index (χ4n) is 2.58. The van der Waals surface area contributed by atoms with Crippen LogP contribution in [-0.4, -0.2) is 28.5 Å². The molecule has 3 rings (SSSR count). The van der Waals surface area contributed by atoms with Crippen molar-refractivity contribution < 1.29 is 22.7 Å². The summed E-state index contributed by atoms with van der Waals surface area (Å²) in [5.41, 5.74) is -1.24. The molecule has 0 radical (unpaired) electrons. The lowest BCUT2D eigenvalue weighted by molar-refractivity contribution is -0.137. The van der Waals surface area contributed by atoms with Gasteiger partial charge in [-0.05, 0) is 25.5 Å². The van der Waals surface area contributed by atoms with Gasteiger partial charge in [0.1, 0.15) is 16.0 Å². The lowest BCUT2D eigenvalue weighted by Gasteiger charge is -2.09. The molecule has 3 aromatic rings. The van der Waals surface area contributed by atoms with Crippen molar-refractivity contribution in [3.05, 3.63) is 62.5 Å². The predicted molar refractivity (Wildman–Crippen MR) is 99.0 cm³/mol. The standard InChI is InChI=1S/C18H14F3N3O3S/c1-3-27-17(26)14-10(2)13-15(28-14)22-9-24(16(13)25)23-8-11-6-4-5-7-12(11)18(19,20)21/h4-9H,3H2,1-2H3. The molecule has 10 heteroatoms. The minimum absolute atomic E-state index is 0.178. The molecule has 0 unspecified atom stereocenters. The first-order valence-corrected chi connectivity index (χ1v) is 8.94. The molecule has 0 aliphatic carbocycles. The van der Waals surface area contributed by atoms with E-state index in [0.29, 0.717) is 10.4 Å². The smallest absolute Gasteiger partial charge is 0.417 e. The highest BCUT2D eigenvalue weighted by molar-refractivity contribution is 7.20. The zero-order valence-electron chi connectivity index (χ0n) is 14.8. The van der Waals surface area contributed by atoms with Crippen LogP contribution < -0.4 is 5.56 Å². The van der Waals surface area contributed by atoms with Gasteiger partial charge in [0.2, 0.25) is 0 Å². The van der Waals surface area contributed by atoms with Crippen LogP contribution in [0.2, 0.25) is 0 Å². The van der Waals surface area contributed by atoms with Gasteiger partial charge in [0.15, 0.2) is 0 Å². The van der Waals surface area contributed by atoms with Gasteiger partial charge in [-0.1, -0.05) is 18.2 Å². The van der Waals surface area contributed by atoms with Crippen LogP contribution in [0.15, 0.2) is 40.5 Å². The summed E-state index contributed by atoms with van der Waals surface area (Å²) >= 11 is 1.02. The molecule has 6 nitrogen and oxygen atoms in total. The number of alkyl halides is 3. The molecule has 2 aromatic heterocycles. The Hall–Kier alpha value is -3.01. The van der Waals surface area contributed by atoms with Crippen molar-refractivity contribution in [1.82, 2.24) is 9.66 Å². The average molecular weight is 409 g/mol. The maximum Gasteiger partial charge on any atom is 0.417 e. The van der Waals surface area contributed by atoms with Crippen molar-refractivity contribution in [3.63, 3.8) is 0 Å². The van der Waals surface area contributed by atoms with Gasteiger partial charge in [0.25, 0.3) is 5.56 Å². The van der Waals surface area contributed by atoms with Gasteiger partial charge >= 0.3 is 12.1 Å². The lowest BCUT2D eigenvalue weighted by Crippen LogP contribution is -2.17. The summed E-state index contributed by atoms with van der Waals surface area (Å²) in [6.07, 6.45) is -2.50. The van der Waals surface area contributed by atoms with Gasteiger partial charge in [-0.3, -0.25) is 4.79 Å². The van der Waals surface area contributed by atoms with Crippen molar-refractivity contribution in [2.45, 2.75) is 20.0 Å². The number of benzene rings is 1. The molecule has 0 amide bonds. The number of nitrogens with zero attached hydrogens (tertiary/aromatic N) is 3. The maximum absolute atomic E-state index is 13.1. The van der Waals surface area contributed by atoms with Crippen molar-refractivity contribution in [2.24, 2.45) is 5.10 Å². The molecular weight excluding hydrogens is 395 g/mol. The topological polar surface area (TPSA) is 73.5 Å². The third kappa shape index (κ3) is 3.68. The van der Waals surface area contributed by atoms with Gasteiger partial charge in [0.05, 0.1) is 23.8 Å². The van der Waals surface area contributed by atoms with Gasteiger partial charge in [-0.2, -0.15) is 22.9 Å². The van der Waals surface area contributed by atoms with E-state index < -0.39 is 23.3 Å². The van der Waals surface area contributed by atoms with Crippen molar-refractivity contribution in [3.8, 4) is 0 Å². The highest BCUT2D eigenvalue weighted by atomic mass is 32.1. The van der Waals surface area contributed by atoms with Crippen LogP contribution in [0.1, 0.15) is 33.3 Å². The molecule has 2 heterocycles. The number of thiophene rings is 1. The second-order valence-electron chi connectivity index (χ2n) is 5.68. The first-order chi connectivity index (χ1) is 13.2. The Kier molecular flexibility index (Phi) is 5.32. The Morgan fingerprint density at radius 3 is 2.75 bits per heavy atom. The van der Waals surface area contributed by atoms with Crippen molar-refractivity contribution >= 4 is 33.7 Å². The van der Waals surface area contributed by atoms with Crippen LogP contribution in [0.25, 0.3) is 10.2 Å². The second-order valence-corrected chi connectivity index (χ2v) is 6.68. The van der Waals surface area contributed by atoms with E-state index in [1.54, 1.807) is 13.8 Å². The van der Waals surface area contributed by atoms with Crippen LogP contribution in [0.3, 0.4) is 0 Å². The first-order valence-electron chi connectivity index (χ1n) is 8.12. The number of fused-ring (bicyclic) bond motifs is 1. The Labute approximate surface area is 160 Å². The Morgan fingerprint density at radius 2 is 2.07 bits per heavy atom. The summed E-state index contributed by atoms with van der Waals surface area (Å²) in [6.45, 7) is 3.44. The number of hydrogen-bond donors (Lipinski definition) is 0. The number of halogens is 3. The number of aryl methyl sites for hydroxylation is 1. The third-order valence-electron chi connectivity index (χ3n) is 3.88. The molecule has 0 saturated carbocycles. The molecule has 0 fully saturated rings. The third-order valence-corrected chi connectivity index (χ3v) is 5.06. The van der Waals surface area contributed by atoms with E-state index in [-0.39, 0.29) is 22.4 Å². The Bertz CT molecular complexity index is 1130. The number of carbonyl (C=O) groups excluding carboxylic acids is 1. The van der Waals surface area contributed by atoms with Gasteiger partial charge in [0, 0.05) is 5.56 Å². The van der Waals surface area contributed by atoms with Gasteiger partial charge in [-0.25, -0.2) is 9.78 Å². The van der Waals surface area contributed by atoms with Crippen LogP contribution >= 0.6 is 11.3 Å². The van der Waals surface area contributed by atoms with Crippen LogP contribution in [-0.2, 0) is 10.9 Å². The number of esters is 1. The zero-order chi connectivity index (χ0) is 20.5. The molecule has 0 aliphatic rings. The quantitative estimate of drug-likeness (QED) is 0.485. The summed E-state index contributed by atoms with van der Waals surface area (Å²) in [4.78, 5) is 29.3. The molecule has 0 N–H and O–H groups in total. The number of rotatable bonds is 4. The normalized spacial score (nSPS) is 12.0. The van der Waals surface area contributed by atoms with Crippen molar-refractivity contribution in [2.75, 3.05) is 6.61 Å². The van der Waals surface area contributed by atoms with Crippen LogP contribution in [0.4, 0.5) is 13.2 Å². The van der Waals surface area contributed by atoms with E-state index in [1.807, 2.05) is 0 Å². The van der Waals surface area contributed by atoms with E-state index in [0.717, 1.165) is 34.6 Å². The van der Waals surface area contributed by atoms with Crippen molar-refractivity contribution in [1.29, 1.82) is 0 Å². The van der Waals surface area contributed by atoms with E-state index in [2.05, 4.69) is 10.1 Å². The number of ether oxygens (including phenoxy) is 1. The SMILES string of the molecule is CCOC(=O)c1sc2ncn(N=Cc3ccccc3C(F)(F)F)c(=O)c2c1C. The zero-order valence-corrected chi connectivity index (χ0v) is 15.6. The van der Waals surface area contributed by atoms with E-state index in [1.165, 1.54) is 18.2 Å². The summed E-state index contributed by atoms with van der Waals surface area (Å²) in [6, 6.07) is 4.89. The summed E-state index contributed by atoms with van der Waals surface area (Å²) in [5.74, 6) is -0.559. The molecule has 0 bridgehead atoms. The molecule has 0 atom stereocenters. The lowest BCUT2D eigenvalue weighted by atomic mass is 10.1. The second kappa shape index (κ2) is 7.55. The van der Waals surface area contributed by atoms with E-state index in [9.17, 15) is 22.8 Å². The molecular formula is C18H14F3N3O3S. The molecule has 28 heavy (non-hydrogen) atoms. The van der Waals surface area contributed by atoms with E-state index in [4.69, 9.17) is 4.74 Å². The van der Waals surface area contributed by atoms with Crippen LogP contribution in [0, 0.1) is 6.92 Å². The summed E-state index contributed by atoms with van der Waals surface area (Å²) in [5, 5.41) is 4.01. The summed E-state index contributed by atoms with van der Waals surface area (Å²) in [7, 11) is 0. The maximum atomic E-state index is 13.1. The van der Waals surface area contributed by atoms with E-state index >= 15 is 0 Å². The summed E-state index contributed by atoms with van der Waals surface area (Å²) < 4.78 is 45.0. The molecule has 1 aromatic carbocycles. The average Bonchev–Trinajstić information content (AvgIpc) is 2.98. The molecule has 146 valence electrons. The highest BCUT2D eigenvalue weighted by Crippen LogP contribution is 2.31. The fourth-order valence-corrected chi connectivity index (χ4v) is 3.61. The number of carbonyl (C=O) groups is 1. The number of hydrogen-bond acceptors (Lipinski definition) is 6. The van der Waals surface area contributed by atoms with Gasteiger partial charge < -0.3 is 4.74 Å². The fraction of sp³-hybridized carbons (Fsp3) is 0.222. The largest absolute Gasteiger partial charge is 0.462 e. The van der Waals surface area contributed by atoms with Crippen LogP contribution in [0.5, 0.6) is 0 Å². The Morgan fingerprint density at radius 1 is 1.36 bits per heavy atom. The highest BCUT2D eigenvalue weighted by Gasteiger charge is 2.32.